The van der Waals surface area contributed by atoms with E-state index in [1.165, 1.54) is 0 Å². The number of nitrogens with one attached hydrogen (secondary N) is 1. The molecule has 2 aromatic rings. The van der Waals surface area contributed by atoms with Gasteiger partial charge in [0.25, 0.3) is 0 Å². The maximum Gasteiger partial charge on any atom is 0.146 e. The Hall–Kier alpha value is -1.61. The van der Waals surface area contributed by atoms with Crippen LogP contribution in [-0.4, -0.2) is 23.7 Å². The Kier molecular flexibility index (Phi) is 4.96. The first-order chi connectivity index (χ1) is 9.58. The van der Waals surface area contributed by atoms with E-state index in [9.17, 15) is 0 Å². The lowest BCUT2D eigenvalue weighted by molar-refractivity contribution is 0.148. The summed E-state index contributed by atoms with van der Waals surface area (Å²) in [6, 6.07) is 10.6. The molecule has 0 aliphatic heterocycles. The normalized spacial score (nSPS) is 13.1. The van der Waals surface area contributed by atoms with Crippen LogP contribution in [0.15, 0.2) is 36.5 Å². The molecule has 1 aromatic heterocycles. The molecule has 20 heavy (non-hydrogen) atoms. The Morgan fingerprint density at radius 2 is 1.85 bits per heavy atom. The average Bonchev–Trinajstić information content (AvgIpc) is 2.43. The molecule has 0 aliphatic rings. The van der Waals surface area contributed by atoms with Gasteiger partial charge in [-0.2, -0.15) is 0 Å². The third-order valence-corrected chi connectivity index (χ3v) is 3.34. The zero-order chi connectivity index (χ0) is 14.5. The molecule has 0 spiro atoms. The Bertz CT molecular complexity index is 546. The van der Waals surface area contributed by atoms with Gasteiger partial charge in [0.05, 0.1) is 0 Å². The van der Waals surface area contributed by atoms with Gasteiger partial charge in [0, 0.05) is 24.2 Å². The van der Waals surface area contributed by atoms with Crippen molar-refractivity contribution in [1.29, 1.82) is 0 Å². The lowest BCUT2D eigenvalue weighted by atomic mass is 10.1. The molecule has 1 heterocycles. The van der Waals surface area contributed by atoms with Crippen LogP contribution < -0.4 is 10.1 Å². The van der Waals surface area contributed by atoms with E-state index in [-0.39, 0.29) is 6.10 Å². The van der Waals surface area contributed by atoms with Gasteiger partial charge in [-0.05, 0) is 18.1 Å². The maximum atomic E-state index is 6.21. The van der Waals surface area contributed by atoms with E-state index in [0.29, 0.717) is 12.0 Å². The molecule has 0 fully saturated rings. The molecule has 0 amide bonds. The van der Waals surface area contributed by atoms with Crippen molar-refractivity contribution < 1.29 is 4.74 Å². The van der Waals surface area contributed by atoms with E-state index in [1.807, 2.05) is 24.4 Å². The molecule has 0 radical (unpaired) electrons. The number of aromatic nitrogens is 1. The van der Waals surface area contributed by atoms with Crippen molar-refractivity contribution in [2.24, 2.45) is 5.92 Å². The average molecular weight is 272 g/mol. The molecule has 1 unspecified atom stereocenters. The topological polar surface area (TPSA) is 34.1 Å². The van der Waals surface area contributed by atoms with E-state index < -0.39 is 0 Å². The second kappa shape index (κ2) is 6.71. The lowest BCUT2D eigenvalue weighted by Crippen LogP contribution is -2.38. The minimum atomic E-state index is 0.144. The van der Waals surface area contributed by atoms with E-state index in [0.717, 1.165) is 23.2 Å². The first kappa shape index (κ1) is 14.8. The Labute approximate surface area is 121 Å². The quantitative estimate of drug-likeness (QED) is 0.872. The van der Waals surface area contributed by atoms with Crippen LogP contribution in [0, 0.1) is 5.92 Å². The van der Waals surface area contributed by atoms with Crippen molar-refractivity contribution in [3.63, 3.8) is 0 Å². The number of para-hydroxylation sites is 1. The molecular formula is C17H24N2O. The van der Waals surface area contributed by atoms with Gasteiger partial charge in [-0.25, -0.2) is 0 Å². The highest BCUT2D eigenvalue weighted by Gasteiger charge is 2.17. The number of pyridine rings is 1. The van der Waals surface area contributed by atoms with Crippen molar-refractivity contribution in [2.45, 2.75) is 39.8 Å². The number of rotatable bonds is 6. The van der Waals surface area contributed by atoms with Gasteiger partial charge in [0.15, 0.2) is 0 Å². The summed E-state index contributed by atoms with van der Waals surface area (Å²) in [6.07, 6.45) is 1.95. The Morgan fingerprint density at radius 3 is 2.55 bits per heavy atom. The van der Waals surface area contributed by atoms with E-state index in [1.54, 1.807) is 0 Å². The predicted octanol–water partition coefficient (Wildman–Crippen LogP) is 3.64. The zero-order valence-electron chi connectivity index (χ0n) is 12.8. The fraction of sp³-hybridized carbons (Fsp3) is 0.471. The molecule has 0 aliphatic carbocycles. The third-order valence-electron chi connectivity index (χ3n) is 3.34. The van der Waals surface area contributed by atoms with Crippen LogP contribution in [0.3, 0.4) is 0 Å². The van der Waals surface area contributed by atoms with E-state index in [2.05, 4.69) is 50.1 Å². The van der Waals surface area contributed by atoms with Crippen LogP contribution in [0.1, 0.15) is 27.7 Å². The fourth-order valence-electron chi connectivity index (χ4n) is 2.10. The van der Waals surface area contributed by atoms with Crippen molar-refractivity contribution in [3.05, 3.63) is 36.5 Å². The minimum absolute atomic E-state index is 0.144. The van der Waals surface area contributed by atoms with E-state index in [4.69, 9.17) is 4.74 Å². The van der Waals surface area contributed by atoms with Gasteiger partial charge in [-0.15, -0.1) is 0 Å². The molecule has 0 saturated carbocycles. The highest BCUT2D eigenvalue weighted by atomic mass is 16.5. The smallest absolute Gasteiger partial charge is 0.146 e. The molecule has 0 saturated heterocycles. The van der Waals surface area contributed by atoms with Gasteiger partial charge in [0.1, 0.15) is 17.4 Å². The summed E-state index contributed by atoms with van der Waals surface area (Å²) in [5.74, 6) is 1.31. The van der Waals surface area contributed by atoms with Gasteiger partial charge >= 0.3 is 0 Å². The highest BCUT2D eigenvalue weighted by Crippen LogP contribution is 2.25. The lowest BCUT2D eigenvalue weighted by Gasteiger charge is -2.24. The highest BCUT2D eigenvalue weighted by molar-refractivity contribution is 5.84. The monoisotopic (exact) mass is 272 g/mol. The third kappa shape index (κ3) is 3.70. The Balaban J connectivity index is 2.20. The van der Waals surface area contributed by atoms with Gasteiger partial charge < -0.3 is 10.1 Å². The first-order valence-electron chi connectivity index (χ1n) is 7.31. The van der Waals surface area contributed by atoms with E-state index >= 15 is 0 Å². The van der Waals surface area contributed by atoms with Crippen molar-refractivity contribution in [3.8, 4) is 5.75 Å². The molecule has 1 aromatic carbocycles. The summed E-state index contributed by atoms with van der Waals surface area (Å²) in [6.45, 7) is 9.52. The largest absolute Gasteiger partial charge is 0.487 e. The second-order valence-electron chi connectivity index (χ2n) is 5.79. The van der Waals surface area contributed by atoms with Crippen LogP contribution in [0.5, 0.6) is 5.75 Å². The fourth-order valence-corrected chi connectivity index (χ4v) is 2.10. The SMILES string of the molecule is CC(C)NCC(Oc1cccc2cccnc12)C(C)C. The number of benzene rings is 1. The summed E-state index contributed by atoms with van der Waals surface area (Å²) < 4.78 is 6.21. The van der Waals surface area contributed by atoms with Crippen molar-refractivity contribution in [2.75, 3.05) is 6.54 Å². The molecule has 1 atom stereocenters. The number of hydrogen-bond acceptors (Lipinski definition) is 3. The standard InChI is InChI=1S/C17H24N2O/c1-12(2)16(11-19-13(3)4)20-15-9-5-7-14-8-6-10-18-17(14)15/h5-10,12-13,16,19H,11H2,1-4H3. The summed E-state index contributed by atoms with van der Waals surface area (Å²) in [5, 5.41) is 4.56. The molecule has 1 N–H and O–H groups in total. The van der Waals surface area contributed by atoms with Crippen LogP contribution in [-0.2, 0) is 0 Å². The predicted molar refractivity (Wildman–Crippen MR) is 84.1 cm³/mol. The number of hydrogen-bond donors (Lipinski definition) is 1. The minimum Gasteiger partial charge on any atom is -0.487 e. The maximum absolute atomic E-state index is 6.21. The zero-order valence-corrected chi connectivity index (χ0v) is 12.8. The molecule has 3 heteroatoms. The molecule has 108 valence electrons. The molecule has 2 rings (SSSR count). The number of ether oxygens (including phenoxy) is 1. The van der Waals surface area contributed by atoms with Crippen LogP contribution in [0.4, 0.5) is 0 Å². The Morgan fingerprint density at radius 1 is 1.10 bits per heavy atom. The van der Waals surface area contributed by atoms with Crippen LogP contribution >= 0.6 is 0 Å². The summed E-state index contributed by atoms with van der Waals surface area (Å²) in [7, 11) is 0. The van der Waals surface area contributed by atoms with Gasteiger partial charge in [-0.3, -0.25) is 4.98 Å². The van der Waals surface area contributed by atoms with Crippen LogP contribution in [0.25, 0.3) is 10.9 Å². The van der Waals surface area contributed by atoms with Crippen molar-refractivity contribution >= 4 is 10.9 Å². The summed E-state index contributed by atoms with van der Waals surface area (Å²) >= 11 is 0. The number of fused-ring (bicyclic) bond motifs is 1. The molecular weight excluding hydrogens is 248 g/mol. The molecule has 0 bridgehead atoms. The van der Waals surface area contributed by atoms with Gasteiger partial charge in [0.2, 0.25) is 0 Å². The summed E-state index contributed by atoms with van der Waals surface area (Å²) in [4.78, 5) is 4.44. The van der Waals surface area contributed by atoms with Crippen molar-refractivity contribution in [1.82, 2.24) is 10.3 Å². The first-order valence-corrected chi connectivity index (χ1v) is 7.31. The van der Waals surface area contributed by atoms with Crippen LogP contribution in [0.2, 0.25) is 0 Å². The van der Waals surface area contributed by atoms with Gasteiger partial charge in [-0.1, -0.05) is 45.9 Å². The second-order valence-corrected chi connectivity index (χ2v) is 5.79. The summed E-state index contributed by atoms with van der Waals surface area (Å²) in [5.41, 5.74) is 0.935. The number of nitrogens with zero attached hydrogens (tertiary/aromatic N) is 1. The molecule has 3 nitrogen and oxygen atoms in total.